The monoisotopic (exact) mass is 375 g/mol. The van der Waals surface area contributed by atoms with Crippen molar-refractivity contribution >= 4 is 31.9 Å². The molecular weight excluding hydrogens is 358 g/mol. The predicted octanol–water partition coefficient (Wildman–Crippen LogP) is 4.37. The third-order valence-electron chi connectivity index (χ3n) is 3.10. The average molecular weight is 377 g/mol. The molecule has 1 fully saturated rings. The molecule has 0 aromatic heterocycles. The molecule has 0 radical (unpaired) electrons. The van der Waals surface area contributed by atoms with E-state index in [0.29, 0.717) is 5.92 Å². The summed E-state index contributed by atoms with van der Waals surface area (Å²) in [6.45, 7) is 5.32. The Hall–Kier alpha value is -0.0600. The molecule has 1 aromatic rings. The molecule has 100 valence electrons. The molecule has 1 unspecified atom stereocenters. The fraction of sp³-hybridized carbons (Fsp3) is 0.571. The molecule has 0 amide bonds. The molecule has 2 nitrogen and oxygen atoms in total. The minimum absolute atomic E-state index is 0.211. The molecule has 1 saturated carbocycles. The SMILES string of the molecule is CC(C)C(CNC1CC1)Oc1ccc(Br)cc1Br. The molecule has 0 aliphatic heterocycles. The Kier molecular flexibility index (Phi) is 5.10. The van der Waals surface area contributed by atoms with Gasteiger partial charge in [0.05, 0.1) is 4.47 Å². The quantitative estimate of drug-likeness (QED) is 0.795. The topological polar surface area (TPSA) is 21.3 Å². The highest BCUT2D eigenvalue weighted by Crippen LogP contribution is 2.30. The first-order chi connectivity index (χ1) is 8.56. The number of rotatable bonds is 6. The fourth-order valence-corrected chi connectivity index (χ4v) is 2.86. The van der Waals surface area contributed by atoms with E-state index in [1.165, 1.54) is 12.8 Å². The van der Waals surface area contributed by atoms with E-state index < -0.39 is 0 Å². The summed E-state index contributed by atoms with van der Waals surface area (Å²) < 4.78 is 8.16. The second-order valence-corrected chi connectivity index (χ2v) is 6.93. The highest BCUT2D eigenvalue weighted by molar-refractivity contribution is 9.11. The Morgan fingerprint density at radius 3 is 2.61 bits per heavy atom. The van der Waals surface area contributed by atoms with Gasteiger partial charge in [0.25, 0.3) is 0 Å². The number of hydrogen-bond acceptors (Lipinski definition) is 2. The van der Waals surface area contributed by atoms with Crippen molar-refractivity contribution in [1.29, 1.82) is 0 Å². The Bertz CT molecular complexity index is 405. The summed E-state index contributed by atoms with van der Waals surface area (Å²) in [5.74, 6) is 1.40. The van der Waals surface area contributed by atoms with Crippen LogP contribution in [-0.4, -0.2) is 18.7 Å². The molecule has 1 aromatic carbocycles. The molecule has 2 rings (SSSR count). The van der Waals surface area contributed by atoms with Crippen molar-refractivity contribution in [2.45, 2.75) is 38.8 Å². The van der Waals surface area contributed by atoms with Gasteiger partial charge in [0, 0.05) is 17.1 Å². The summed E-state index contributed by atoms with van der Waals surface area (Å²) in [5.41, 5.74) is 0. The lowest BCUT2D eigenvalue weighted by Gasteiger charge is -2.23. The van der Waals surface area contributed by atoms with E-state index in [0.717, 1.165) is 27.3 Å². The Morgan fingerprint density at radius 2 is 2.06 bits per heavy atom. The summed E-state index contributed by atoms with van der Waals surface area (Å²) >= 11 is 6.99. The van der Waals surface area contributed by atoms with Gasteiger partial charge in [-0.3, -0.25) is 0 Å². The van der Waals surface area contributed by atoms with Crippen LogP contribution in [0.5, 0.6) is 5.75 Å². The molecule has 1 aliphatic carbocycles. The summed E-state index contributed by atoms with van der Waals surface area (Å²) in [5, 5.41) is 3.54. The van der Waals surface area contributed by atoms with Crippen LogP contribution in [0, 0.1) is 5.92 Å². The lowest BCUT2D eigenvalue weighted by molar-refractivity contribution is 0.147. The van der Waals surface area contributed by atoms with Crippen molar-refractivity contribution in [3.05, 3.63) is 27.1 Å². The maximum atomic E-state index is 6.11. The van der Waals surface area contributed by atoms with Gasteiger partial charge < -0.3 is 10.1 Å². The second kappa shape index (κ2) is 6.40. The largest absolute Gasteiger partial charge is 0.488 e. The van der Waals surface area contributed by atoms with E-state index >= 15 is 0 Å². The second-order valence-electron chi connectivity index (χ2n) is 5.16. The number of halogens is 2. The van der Waals surface area contributed by atoms with Crippen molar-refractivity contribution in [3.8, 4) is 5.75 Å². The van der Waals surface area contributed by atoms with E-state index in [9.17, 15) is 0 Å². The van der Waals surface area contributed by atoms with Crippen LogP contribution in [0.3, 0.4) is 0 Å². The van der Waals surface area contributed by atoms with E-state index in [4.69, 9.17) is 4.74 Å². The molecule has 1 N–H and O–H groups in total. The van der Waals surface area contributed by atoms with Crippen LogP contribution in [0.2, 0.25) is 0 Å². The number of hydrogen-bond donors (Lipinski definition) is 1. The average Bonchev–Trinajstić information content (AvgIpc) is 3.10. The first-order valence-electron chi connectivity index (χ1n) is 6.41. The zero-order chi connectivity index (χ0) is 13.1. The van der Waals surface area contributed by atoms with Crippen LogP contribution in [0.25, 0.3) is 0 Å². The first kappa shape index (κ1) is 14.4. The van der Waals surface area contributed by atoms with Crippen LogP contribution < -0.4 is 10.1 Å². The Balaban J connectivity index is 1.97. The smallest absolute Gasteiger partial charge is 0.134 e. The van der Waals surface area contributed by atoms with Gasteiger partial charge >= 0.3 is 0 Å². The number of nitrogens with one attached hydrogen (secondary N) is 1. The molecule has 0 heterocycles. The normalized spacial score (nSPS) is 16.9. The van der Waals surface area contributed by atoms with Crippen molar-refractivity contribution in [3.63, 3.8) is 0 Å². The van der Waals surface area contributed by atoms with Crippen LogP contribution in [0.4, 0.5) is 0 Å². The van der Waals surface area contributed by atoms with Crippen LogP contribution >= 0.6 is 31.9 Å². The van der Waals surface area contributed by atoms with Gasteiger partial charge in [-0.1, -0.05) is 29.8 Å². The fourth-order valence-electron chi connectivity index (χ4n) is 1.72. The molecule has 1 aliphatic rings. The van der Waals surface area contributed by atoms with E-state index in [-0.39, 0.29) is 6.10 Å². The van der Waals surface area contributed by atoms with Gasteiger partial charge in [0.2, 0.25) is 0 Å². The predicted molar refractivity (Wildman–Crippen MR) is 82.1 cm³/mol. The van der Waals surface area contributed by atoms with Crippen molar-refractivity contribution in [2.24, 2.45) is 5.92 Å². The first-order valence-corrected chi connectivity index (χ1v) is 8.00. The summed E-state index contributed by atoms with van der Waals surface area (Å²) in [7, 11) is 0. The van der Waals surface area contributed by atoms with Crippen molar-refractivity contribution in [2.75, 3.05) is 6.54 Å². The van der Waals surface area contributed by atoms with Gasteiger partial charge in [-0.05, 0) is 52.9 Å². The van der Waals surface area contributed by atoms with Gasteiger partial charge in [0.15, 0.2) is 0 Å². The standard InChI is InChI=1S/C14H19Br2NO/c1-9(2)14(8-17-11-4-5-11)18-13-6-3-10(15)7-12(13)16/h3,6-7,9,11,14,17H,4-5,8H2,1-2H3. The van der Waals surface area contributed by atoms with Gasteiger partial charge in [-0.15, -0.1) is 0 Å². The number of ether oxygens (including phenoxy) is 1. The maximum absolute atomic E-state index is 6.11. The molecular formula is C14H19Br2NO. The summed E-state index contributed by atoms with van der Waals surface area (Å²) in [6.07, 6.45) is 2.84. The third-order valence-corrected chi connectivity index (χ3v) is 4.21. The van der Waals surface area contributed by atoms with E-state index in [2.05, 4.69) is 51.0 Å². The zero-order valence-corrected chi connectivity index (χ0v) is 13.9. The number of benzene rings is 1. The minimum Gasteiger partial charge on any atom is -0.488 e. The van der Waals surface area contributed by atoms with Crippen LogP contribution in [0.15, 0.2) is 27.1 Å². The highest BCUT2D eigenvalue weighted by Gasteiger charge is 2.24. The molecule has 1 atom stereocenters. The minimum atomic E-state index is 0.211. The molecule has 18 heavy (non-hydrogen) atoms. The van der Waals surface area contributed by atoms with E-state index in [1.54, 1.807) is 0 Å². The third kappa shape index (κ3) is 4.25. The van der Waals surface area contributed by atoms with Gasteiger partial charge in [0.1, 0.15) is 11.9 Å². The molecule has 0 bridgehead atoms. The summed E-state index contributed by atoms with van der Waals surface area (Å²) in [6, 6.07) is 6.75. The Morgan fingerprint density at radius 1 is 1.33 bits per heavy atom. The van der Waals surface area contributed by atoms with Crippen molar-refractivity contribution < 1.29 is 4.74 Å². The van der Waals surface area contributed by atoms with Crippen LogP contribution in [-0.2, 0) is 0 Å². The maximum Gasteiger partial charge on any atom is 0.134 e. The molecule has 0 spiro atoms. The van der Waals surface area contributed by atoms with E-state index in [1.807, 2.05) is 18.2 Å². The van der Waals surface area contributed by atoms with Crippen LogP contribution in [0.1, 0.15) is 26.7 Å². The molecule has 4 heteroatoms. The van der Waals surface area contributed by atoms with Gasteiger partial charge in [-0.2, -0.15) is 0 Å². The van der Waals surface area contributed by atoms with Crippen molar-refractivity contribution in [1.82, 2.24) is 5.32 Å². The Labute approximate surface area is 126 Å². The van der Waals surface area contributed by atoms with Gasteiger partial charge in [-0.25, -0.2) is 0 Å². The highest BCUT2D eigenvalue weighted by atomic mass is 79.9. The molecule has 0 saturated heterocycles. The lowest BCUT2D eigenvalue weighted by atomic mass is 10.1. The lowest BCUT2D eigenvalue weighted by Crippen LogP contribution is -2.36. The summed E-state index contributed by atoms with van der Waals surface area (Å²) in [4.78, 5) is 0. The zero-order valence-electron chi connectivity index (χ0n) is 10.7.